The molecule has 2 nitrogen and oxygen atoms in total. The lowest BCUT2D eigenvalue weighted by molar-refractivity contribution is 0.121. The molecule has 0 radical (unpaired) electrons. The molecule has 0 amide bonds. The highest BCUT2D eigenvalue weighted by molar-refractivity contribution is 9.10. The molecule has 1 aromatic carbocycles. The van der Waals surface area contributed by atoms with E-state index in [1.807, 2.05) is 0 Å². The first-order valence-electron chi connectivity index (χ1n) is 8.13. The van der Waals surface area contributed by atoms with Gasteiger partial charge in [0, 0.05) is 10.9 Å². The Bertz CT molecular complexity index is 526. The van der Waals surface area contributed by atoms with Gasteiger partial charge in [-0.2, -0.15) is 0 Å². The minimum absolute atomic E-state index is 0.451. The lowest BCUT2D eigenvalue weighted by Gasteiger charge is -2.40. The predicted octanol–water partition coefficient (Wildman–Crippen LogP) is 4.33. The maximum absolute atomic E-state index is 6.04. The maximum Gasteiger partial charge on any atom is 0.125 e. The summed E-state index contributed by atoms with van der Waals surface area (Å²) in [6.07, 6.45) is 5.99. The van der Waals surface area contributed by atoms with Gasteiger partial charge in [-0.15, -0.1) is 0 Å². The number of rotatable bonds is 3. The van der Waals surface area contributed by atoms with E-state index in [2.05, 4.69) is 41.9 Å². The minimum Gasteiger partial charge on any atom is -0.493 e. The van der Waals surface area contributed by atoms with Crippen LogP contribution in [0.4, 0.5) is 0 Å². The van der Waals surface area contributed by atoms with Crippen LogP contribution >= 0.6 is 15.9 Å². The molecule has 0 saturated heterocycles. The number of fused-ring (bicyclic) bond motifs is 1. The second kappa shape index (κ2) is 5.92. The molecule has 0 spiro atoms. The minimum atomic E-state index is 0.451. The van der Waals surface area contributed by atoms with E-state index in [0.717, 1.165) is 31.7 Å². The number of halogens is 1. The Morgan fingerprint density at radius 3 is 2.90 bits per heavy atom. The molecule has 3 heteroatoms. The first kappa shape index (κ1) is 15.4. The zero-order chi connectivity index (χ0) is 15.0. The van der Waals surface area contributed by atoms with Crippen molar-refractivity contribution in [1.29, 1.82) is 0 Å². The Morgan fingerprint density at radius 2 is 2.14 bits per heavy atom. The predicted molar refractivity (Wildman–Crippen MR) is 90.7 cm³/mol. The Balaban J connectivity index is 1.85. The summed E-state index contributed by atoms with van der Waals surface area (Å²) < 4.78 is 7.08. The van der Waals surface area contributed by atoms with Crippen molar-refractivity contribution in [2.75, 3.05) is 13.2 Å². The van der Waals surface area contributed by atoms with Gasteiger partial charge in [0.1, 0.15) is 5.75 Å². The number of benzene rings is 1. The average Bonchev–Trinajstić information content (AvgIpc) is 2.86. The van der Waals surface area contributed by atoms with Crippen molar-refractivity contribution in [3.8, 4) is 5.75 Å². The van der Waals surface area contributed by atoms with Gasteiger partial charge in [-0.1, -0.05) is 29.8 Å². The Kier molecular flexibility index (Phi) is 4.33. The van der Waals surface area contributed by atoms with E-state index < -0.39 is 0 Å². The molecule has 2 N–H and O–H groups in total. The molecule has 1 fully saturated rings. The van der Waals surface area contributed by atoms with Gasteiger partial charge in [0.15, 0.2) is 0 Å². The molecule has 0 bridgehead atoms. The van der Waals surface area contributed by atoms with E-state index in [0.29, 0.717) is 17.3 Å². The molecule has 1 heterocycles. The van der Waals surface area contributed by atoms with E-state index in [9.17, 15) is 0 Å². The third-order valence-electron chi connectivity index (χ3n) is 5.28. The molecule has 1 saturated carbocycles. The highest BCUT2D eigenvalue weighted by Gasteiger charge is 2.35. The standard InChI is InChI=1S/C18H26BrNO/c1-18(2)5-3-13(11-20)15(10-18)7-14-9-16(19)8-12-4-6-21-17(12)14/h8-9,13,15H,3-7,10-11,20H2,1-2H3. The summed E-state index contributed by atoms with van der Waals surface area (Å²) in [5.41, 5.74) is 9.22. The fourth-order valence-electron chi connectivity index (χ4n) is 4.12. The largest absolute Gasteiger partial charge is 0.493 e. The van der Waals surface area contributed by atoms with Gasteiger partial charge in [0.2, 0.25) is 0 Å². The van der Waals surface area contributed by atoms with Gasteiger partial charge in [-0.3, -0.25) is 0 Å². The van der Waals surface area contributed by atoms with E-state index in [-0.39, 0.29) is 0 Å². The van der Waals surface area contributed by atoms with Crippen LogP contribution in [0.15, 0.2) is 16.6 Å². The van der Waals surface area contributed by atoms with Crippen molar-refractivity contribution < 1.29 is 4.74 Å². The van der Waals surface area contributed by atoms with E-state index >= 15 is 0 Å². The monoisotopic (exact) mass is 351 g/mol. The normalized spacial score (nSPS) is 27.2. The summed E-state index contributed by atoms with van der Waals surface area (Å²) in [4.78, 5) is 0. The topological polar surface area (TPSA) is 35.2 Å². The van der Waals surface area contributed by atoms with Crippen LogP contribution in [0.25, 0.3) is 0 Å². The van der Waals surface area contributed by atoms with Gasteiger partial charge in [0.05, 0.1) is 6.61 Å². The van der Waals surface area contributed by atoms with E-state index in [4.69, 9.17) is 10.5 Å². The average molecular weight is 352 g/mol. The van der Waals surface area contributed by atoms with Crippen LogP contribution in [0.3, 0.4) is 0 Å². The van der Waals surface area contributed by atoms with Crippen molar-refractivity contribution in [1.82, 2.24) is 0 Å². The van der Waals surface area contributed by atoms with Gasteiger partial charge >= 0.3 is 0 Å². The van der Waals surface area contributed by atoms with Crippen LogP contribution in [0.5, 0.6) is 5.75 Å². The molecule has 2 aliphatic rings. The van der Waals surface area contributed by atoms with Gasteiger partial charge in [-0.25, -0.2) is 0 Å². The Hall–Kier alpha value is -0.540. The van der Waals surface area contributed by atoms with Gasteiger partial charge in [-0.05, 0) is 72.7 Å². The zero-order valence-corrected chi connectivity index (χ0v) is 14.7. The molecule has 0 aromatic heterocycles. The molecule has 116 valence electrons. The fraction of sp³-hybridized carbons (Fsp3) is 0.667. The second-order valence-corrected chi connectivity index (χ2v) is 8.43. The summed E-state index contributed by atoms with van der Waals surface area (Å²) in [6.45, 7) is 6.44. The maximum atomic E-state index is 6.04. The Morgan fingerprint density at radius 1 is 1.33 bits per heavy atom. The molecule has 1 aliphatic carbocycles. The summed E-state index contributed by atoms with van der Waals surface area (Å²) in [5.74, 6) is 2.49. The zero-order valence-electron chi connectivity index (χ0n) is 13.1. The Labute approximate surface area is 136 Å². The first-order chi connectivity index (χ1) is 9.98. The lowest BCUT2D eigenvalue weighted by atomic mass is 9.65. The molecular weight excluding hydrogens is 326 g/mol. The number of hydrogen-bond acceptors (Lipinski definition) is 2. The van der Waals surface area contributed by atoms with Crippen molar-refractivity contribution in [2.24, 2.45) is 23.0 Å². The summed E-state index contributed by atoms with van der Waals surface area (Å²) >= 11 is 3.65. The summed E-state index contributed by atoms with van der Waals surface area (Å²) in [5, 5.41) is 0. The van der Waals surface area contributed by atoms with Crippen LogP contribution in [-0.2, 0) is 12.8 Å². The molecule has 21 heavy (non-hydrogen) atoms. The number of ether oxygens (including phenoxy) is 1. The van der Waals surface area contributed by atoms with Crippen LogP contribution in [0, 0.1) is 17.3 Å². The quantitative estimate of drug-likeness (QED) is 0.879. The fourth-order valence-corrected chi connectivity index (χ4v) is 4.67. The third-order valence-corrected chi connectivity index (χ3v) is 5.74. The van der Waals surface area contributed by atoms with Gasteiger partial charge in [0.25, 0.3) is 0 Å². The number of nitrogens with two attached hydrogens (primary N) is 1. The van der Waals surface area contributed by atoms with Crippen molar-refractivity contribution in [2.45, 2.75) is 46.0 Å². The van der Waals surface area contributed by atoms with Crippen LogP contribution in [0.2, 0.25) is 0 Å². The summed E-state index contributed by atoms with van der Waals surface area (Å²) in [6, 6.07) is 4.45. The highest BCUT2D eigenvalue weighted by atomic mass is 79.9. The highest BCUT2D eigenvalue weighted by Crippen LogP contribution is 2.44. The van der Waals surface area contributed by atoms with Crippen LogP contribution in [0.1, 0.15) is 44.2 Å². The molecule has 3 rings (SSSR count). The summed E-state index contributed by atoms with van der Waals surface area (Å²) in [7, 11) is 0. The molecule has 1 aromatic rings. The first-order valence-corrected chi connectivity index (χ1v) is 8.92. The van der Waals surface area contributed by atoms with Crippen molar-refractivity contribution >= 4 is 15.9 Å². The molecule has 2 unspecified atom stereocenters. The van der Waals surface area contributed by atoms with Crippen molar-refractivity contribution in [3.63, 3.8) is 0 Å². The smallest absolute Gasteiger partial charge is 0.125 e. The molecule has 1 aliphatic heterocycles. The SMILES string of the molecule is CC1(C)CCC(CN)C(Cc2cc(Br)cc3c2OCC3)C1. The number of hydrogen-bond donors (Lipinski definition) is 1. The lowest BCUT2D eigenvalue weighted by Crippen LogP contribution is -2.35. The molecule has 2 atom stereocenters. The van der Waals surface area contributed by atoms with Gasteiger partial charge < -0.3 is 10.5 Å². The molecular formula is C18H26BrNO. The third kappa shape index (κ3) is 3.29. The van der Waals surface area contributed by atoms with Crippen LogP contribution < -0.4 is 10.5 Å². The van der Waals surface area contributed by atoms with Crippen molar-refractivity contribution in [3.05, 3.63) is 27.7 Å². The second-order valence-electron chi connectivity index (χ2n) is 7.52. The van der Waals surface area contributed by atoms with E-state index in [1.54, 1.807) is 0 Å². The van der Waals surface area contributed by atoms with E-state index in [1.165, 1.54) is 34.9 Å². The van der Waals surface area contributed by atoms with Crippen LogP contribution in [-0.4, -0.2) is 13.2 Å².